The average molecular weight is 210 g/mol. The fourth-order valence-corrected chi connectivity index (χ4v) is 2.86. The number of rotatable bonds is 0. The highest BCUT2D eigenvalue weighted by Gasteiger charge is 2.38. The topological polar surface area (TPSA) is 12.0 Å². The number of halogens is 1. The van der Waals surface area contributed by atoms with Crippen molar-refractivity contribution >= 4 is 12.4 Å². The average Bonchev–Trinajstić information content (AvgIpc) is 2.72. The van der Waals surface area contributed by atoms with Gasteiger partial charge in [-0.05, 0) is 43.4 Å². The van der Waals surface area contributed by atoms with Gasteiger partial charge in [-0.1, -0.05) is 24.3 Å². The maximum Gasteiger partial charge on any atom is 0.0262 e. The summed E-state index contributed by atoms with van der Waals surface area (Å²) in [7, 11) is 0. The monoisotopic (exact) mass is 209 g/mol. The molecule has 1 aliphatic heterocycles. The molecular weight excluding hydrogens is 194 g/mol. The van der Waals surface area contributed by atoms with Crippen LogP contribution in [0.2, 0.25) is 0 Å². The molecule has 0 amide bonds. The van der Waals surface area contributed by atoms with E-state index in [1.54, 1.807) is 11.1 Å². The van der Waals surface area contributed by atoms with E-state index in [1.165, 1.54) is 32.2 Å². The summed E-state index contributed by atoms with van der Waals surface area (Å²) < 4.78 is 0. The van der Waals surface area contributed by atoms with Crippen molar-refractivity contribution in [3.05, 3.63) is 35.4 Å². The first-order chi connectivity index (χ1) is 6.38. The van der Waals surface area contributed by atoms with Crippen molar-refractivity contribution in [2.75, 3.05) is 6.54 Å². The minimum absolute atomic E-state index is 0. The van der Waals surface area contributed by atoms with Crippen molar-refractivity contribution in [1.82, 2.24) is 5.32 Å². The molecule has 76 valence electrons. The smallest absolute Gasteiger partial charge is 0.0262 e. The molecule has 1 aromatic carbocycles. The molecular formula is C12H16ClN. The lowest BCUT2D eigenvalue weighted by Crippen LogP contribution is -2.40. The summed E-state index contributed by atoms with van der Waals surface area (Å²) in [6.07, 6.45) is 5.22. The molecule has 0 atom stereocenters. The summed E-state index contributed by atoms with van der Waals surface area (Å²) in [6.45, 7) is 1.22. The second kappa shape index (κ2) is 3.56. The molecule has 0 unspecified atom stereocenters. The van der Waals surface area contributed by atoms with Crippen molar-refractivity contribution in [3.63, 3.8) is 0 Å². The third-order valence-corrected chi connectivity index (χ3v) is 3.51. The van der Waals surface area contributed by atoms with Gasteiger partial charge >= 0.3 is 0 Å². The molecule has 1 saturated heterocycles. The van der Waals surface area contributed by atoms with Gasteiger partial charge in [0.25, 0.3) is 0 Å². The number of benzene rings is 1. The van der Waals surface area contributed by atoms with E-state index < -0.39 is 0 Å². The van der Waals surface area contributed by atoms with Crippen molar-refractivity contribution in [2.24, 2.45) is 0 Å². The lowest BCUT2D eigenvalue weighted by atomic mass is 9.94. The Kier molecular flexibility index (Phi) is 2.54. The molecule has 1 nitrogen and oxygen atoms in total. The van der Waals surface area contributed by atoms with E-state index in [9.17, 15) is 0 Å². The van der Waals surface area contributed by atoms with Crippen LogP contribution < -0.4 is 5.32 Å². The molecule has 1 N–H and O–H groups in total. The summed E-state index contributed by atoms with van der Waals surface area (Å²) in [5.74, 6) is 0. The molecule has 2 heteroatoms. The van der Waals surface area contributed by atoms with Gasteiger partial charge in [0.15, 0.2) is 0 Å². The Labute approximate surface area is 91.3 Å². The SMILES string of the molecule is Cl.c1ccc2c(c1)CC1(CCCN1)C2. The zero-order chi connectivity index (χ0) is 8.73. The summed E-state index contributed by atoms with van der Waals surface area (Å²) in [4.78, 5) is 0. The molecule has 1 aromatic rings. The van der Waals surface area contributed by atoms with Gasteiger partial charge in [0.1, 0.15) is 0 Å². The summed E-state index contributed by atoms with van der Waals surface area (Å²) >= 11 is 0. The Hall–Kier alpha value is -0.530. The summed E-state index contributed by atoms with van der Waals surface area (Å²) in [6, 6.07) is 8.88. The first kappa shape index (κ1) is 10.0. The highest BCUT2D eigenvalue weighted by atomic mass is 35.5. The second-order valence-electron chi connectivity index (χ2n) is 4.43. The van der Waals surface area contributed by atoms with E-state index in [-0.39, 0.29) is 12.4 Å². The van der Waals surface area contributed by atoms with Gasteiger partial charge in [-0.2, -0.15) is 0 Å². The van der Waals surface area contributed by atoms with Crippen LogP contribution >= 0.6 is 12.4 Å². The van der Waals surface area contributed by atoms with Gasteiger partial charge in [-0.15, -0.1) is 12.4 Å². The van der Waals surface area contributed by atoms with Crippen LogP contribution in [-0.2, 0) is 12.8 Å². The summed E-state index contributed by atoms with van der Waals surface area (Å²) in [5.41, 5.74) is 3.58. The molecule has 0 aromatic heterocycles. The molecule has 1 heterocycles. The second-order valence-corrected chi connectivity index (χ2v) is 4.43. The van der Waals surface area contributed by atoms with Crippen LogP contribution in [-0.4, -0.2) is 12.1 Å². The van der Waals surface area contributed by atoms with E-state index in [4.69, 9.17) is 0 Å². The van der Waals surface area contributed by atoms with Crippen molar-refractivity contribution in [2.45, 2.75) is 31.2 Å². The molecule has 1 fully saturated rings. The normalized spacial score (nSPS) is 22.0. The standard InChI is InChI=1S/C12H15N.ClH/c1-2-5-11-9-12(6-3-7-13-12)8-10(11)4-1;/h1-2,4-5,13H,3,6-9H2;1H. The highest BCUT2D eigenvalue weighted by Crippen LogP contribution is 2.35. The van der Waals surface area contributed by atoms with Gasteiger partial charge in [0, 0.05) is 5.54 Å². The lowest BCUT2D eigenvalue weighted by Gasteiger charge is -2.22. The predicted octanol–water partition coefficient (Wildman–Crippen LogP) is 2.33. The maximum atomic E-state index is 3.68. The lowest BCUT2D eigenvalue weighted by molar-refractivity contribution is 0.397. The molecule has 0 saturated carbocycles. The van der Waals surface area contributed by atoms with Crippen LogP contribution in [0.4, 0.5) is 0 Å². The summed E-state index contributed by atoms with van der Waals surface area (Å²) in [5, 5.41) is 3.68. The van der Waals surface area contributed by atoms with Crippen LogP contribution in [0, 0.1) is 0 Å². The highest BCUT2D eigenvalue weighted by molar-refractivity contribution is 5.85. The van der Waals surface area contributed by atoms with Gasteiger partial charge in [-0.25, -0.2) is 0 Å². The Morgan fingerprint density at radius 3 is 2.21 bits per heavy atom. The number of fused-ring (bicyclic) bond motifs is 1. The molecule has 2 aliphatic rings. The van der Waals surface area contributed by atoms with Crippen LogP contribution in [0.25, 0.3) is 0 Å². The van der Waals surface area contributed by atoms with E-state index >= 15 is 0 Å². The van der Waals surface area contributed by atoms with Gasteiger partial charge in [0.05, 0.1) is 0 Å². The van der Waals surface area contributed by atoms with Gasteiger partial charge < -0.3 is 5.32 Å². The molecule has 3 rings (SSSR count). The number of hydrogen-bond acceptors (Lipinski definition) is 1. The van der Waals surface area contributed by atoms with Gasteiger partial charge in [0.2, 0.25) is 0 Å². The zero-order valence-electron chi connectivity index (χ0n) is 8.25. The third kappa shape index (κ3) is 1.45. The minimum Gasteiger partial charge on any atom is -0.311 e. The first-order valence-electron chi connectivity index (χ1n) is 5.20. The van der Waals surface area contributed by atoms with Crippen molar-refractivity contribution in [1.29, 1.82) is 0 Å². The minimum atomic E-state index is 0. The number of hydrogen-bond donors (Lipinski definition) is 1. The van der Waals surface area contributed by atoms with Crippen LogP contribution in [0.15, 0.2) is 24.3 Å². The maximum absolute atomic E-state index is 3.68. The molecule has 14 heavy (non-hydrogen) atoms. The fraction of sp³-hybridized carbons (Fsp3) is 0.500. The van der Waals surface area contributed by atoms with E-state index in [1.807, 2.05) is 0 Å². The Morgan fingerprint density at radius 2 is 1.71 bits per heavy atom. The predicted molar refractivity (Wildman–Crippen MR) is 61.1 cm³/mol. The molecule has 1 spiro atoms. The molecule has 0 radical (unpaired) electrons. The van der Waals surface area contributed by atoms with Crippen molar-refractivity contribution < 1.29 is 0 Å². The van der Waals surface area contributed by atoms with Crippen LogP contribution in [0.3, 0.4) is 0 Å². The first-order valence-corrected chi connectivity index (χ1v) is 5.20. The van der Waals surface area contributed by atoms with Crippen LogP contribution in [0.1, 0.15) is 24.0 Å². The Morgan fingerprint density at radius 1 is 1.07 bits per heavy atom. The zero-order valence-corrected chi connectivity index (χ0v) is 9.07. The Bertz CT molecular complexity index is 302. The number of nitrogens with one attached hydrogen (secondary N) is 1. The van der Waals surface area contributed by atoms with Crippen LogP contribution in [0.5, 0.6) is 0 Å². The van der Waals surface area contributed by atoms with Gasteiger partial charge in [-0.3, -0.25) is 0 Å². The van der Waals surface area contributed by atoms with E-state index in [0.717, 1.165) is 0 Å². The quantitative estimate of drug-likeness (QED) is 0.692. The van der Waals surface area contributed by atoms with E-state index in [0.29, 0.717) is 5.54 Å². The van der Waals surface area contributed by atoms with E-state index in [2.05, 4.69) is 29.6 Å². The fourth-order valence-electron chi connectivity index (χ4n) is 2.86. The molecule has 0 bridgehead atoms. The third-order valence-electron chi connectivity index (χ3n) is 3.51. The van der Waals surface area contributed by atoms with Crippen molar-refractivity contribution in [3.8, 4) is 0 Å². The Balaban J connectivity index is 0.000000750. The largest absolute Gasteiger partial charge is 0.311 e. The molecule has 1 aliphatic carbocycles.